The van der Waals surface area contributed by atoms with Crippen LogP contribution in [0.4, 0.5) is 0 Å². The summed E-state index contributed by atoms with van der Waals surface area (Å²) < 4.78 is 26.8. The lowest BCUT2D eigenvalue weighted by molar-refractivity contribution is -0.130. The molecule has 8 nitrogen and oxygen atoms in total. The van der Waals surface area contributed by atoms with Crippen LogP contribution < -0.4 is 18.9 Å². The molecule has 0 saturated carbocycles. The summed E-state index contributed by atoms with van der Waals surface area (Å²) in [5.41, 5.74) is 2.20. The number of ether oxygens (including phenoxy) is 5. The van der Waals surface area contributed by atoms with Crippen LogP contribution in [-0.4, -0.2) is 31.7 Å². The fourth-order valence-corrected chi connectivity index (χ4v) is 3.45. The van der Waals surface area contributed by atoms with Crippen LogP contribution >= 0.6 is 0 Å². The molecule has 3 aromatic rings. The number of carbonyl (C=O) groups is 2. The maximum atomic E-state index is 12.4. The highest BCUT2D eigenvalue weighted by Gasteiger charge is 2.26. The molecule has 0 amide bonds. The number of nitrogens with zero attached hydrogens (tertiary/aromatic N) is 1. The Morgan fingerprint density at radius 3 is 2.60 bits per heavy atom. The van der Waals surface area contributed by atoms with E-state index in [0.717, 1.165) is 5.56 Å². The summed E-state index contributed by atoms with van der Waals surface area (Å²) in [5.74, 6) is 0.796. The summed E-state index contributed by atoms with van der Waals surface area (Å²) in [5, 5.41) is 0. The van der Waals surface area contributed by atoms with E-state index in [2.05, 4.69) is 4.99 Å². The second kappa shape index (κ2) is 9.56. The van der Waals surface area contributed by atoms with Crippen LogP contribution in [0, 0.1) is 0 Å². The van der Waals surface area contributed by atoms with Crippen molar-refractivity contribution in [1.29, 1.82) is 0 Å². The topological polar surface area (TPSA) is 92.7 Å². The van der Waals surface area contributed by atoms with Crippen LogP contribution in [0.25, 0.3) is 12.2 Å². The van der Waals surface area contributed by atoms with E-state index in [1.807, 2.05) is 30.3 Å². The second-order valence-corrected chi connectivity index (χ2v) is 7.48. The molecule has 0 unspecified atom stereocenters. The molecule has 3 aromatic carbocycles. The maximum absolute atomic E-state index is 12.4. The van der Waals surface area contributed by atoms with Gasteiger partial charge in [0.2, 0.25) is 12.7 Å². The van der Waals surface area contributed by atoms with Crippen LogP contribution in [0.1, 0.15) is 16.7 Å². The molecule has 0 aliphatic carbocycles. The van der Waals surface area contributed by atoms with Crippen molar-refractivity contribution in [3.8, 4) is 23.0 Å². The van der Waals surface area contributed by atoms with E-state index >= 15 is 0 Å². The highest BCUT2D eigenvalue weighted by atomic mass is 16.7. The molecule has 0 spiro atoms. The van der Waals surface area contributed by atoms with Crippen molar-refractivity contribution in [3.05, 3.63) is 95.2 Å². The second-order valence-electron chi connectivity index (χ2n) is 7.48. The zero-order chi connectivity index (χ0) is 24.2. The number of carbonyl (C=O) groups excluding carboxylic acids is 2. The largest absolute Gasteiger partial charge is 0.493 e. The normalized spacial score (nSPS) is 15.3. The minimum Gasteiger partial charge on any atom is -0.493 e. The third-order valence-electron chi connectivity index (χ3n) is 5.15. The first-order valence-corrected chi connectivity index (χ1v) is 10.6. The van der Waals surface area contributed by atoms with Gasteiger partial charge in [0, 0.05) is 11.6 Å². The molecular weight excluding hydrogens is 450 g/mol. The molecule has 0 fully saturated rings. The number of hydrogen-bond acceptors (Lipinski definition) is 8. The number of hydrogen-bond donors (Lipinski definition) is 0. The monoisotopic (exact) mass is 469 g/mol. The quantitative estimate of drug-likeness (QED) is 0.300. The molecule has 0 N–H and O–H groups in total. The predicted octanol–water partition coefficient (Wildman–Crippen LogP) is 4.39. The SMILES string of the molecule is COc1cc(/C=C2/N=C(c3ccc4c(c3)OCO4)OC2=O)ccc1OC(=O)/C=C/c1ccccc1. The summed E-state index contributed by atoms with van der Waals surface area (Å²) in [4.78, 5) is 28.9. The van der Waals surface area contributed by atoms with Crippen molar-refractivity contribution in [2.75, 3.05) is 13.9 Å². The third-order valence-corrected chi connectivity index (χ3v) is 5.15. The van der Waals surface area contributed by atoms with Crippen LogP contribution in [0.3, 0.4) is 0 Å². The van der Waals surface area contributed by atoms with Crippen molar-refractivity contribution in [2.45, 2.75) is 0 Å². The summed E-state index contributed by atoms with van der Waals surface area (Å²) >= 11 is 0. The fourth-order valence-electron chi connectivity index (χ4n) is 3.45. The Hall–Kier alpha value is -4.85. The lowest BCUT2D eigenvalue weighted by Gasteiger charge is -2.08. The molecule has 0 bridgehead atoms. The van der Waals surface area contributed by atoms with Gasteiger partial charge in [-0.2, -0.15) is 0 Å². The van der Waals surface area contributed by atoms with Gasteiger partial charge < -0.3 is 23.7 Å². The molecule has 0 radical (unpaired) electrons. The van der Waals surface area contributed by atoms with E-state index in [1.54, 1.807) is 48.6 Å². The number of methoxy groups -OCH3 is 1. The van der Waals surface area contributed by atoms with Crippen LogP contribution in [0.5, 0.6) is 23.0 Å². The molecule has 0 atom stereocenters. The van der Waals surface area contributed by atoms with Gasteiger partial charge in [0.15, 0.2) is 28.7 Å². The minimum atomic E-state index is -0.585. The van der Waals surface area contributed by atoms with Gasteiger partial charge in [0.05, 0.1) is 7.11 Å². The van der Waals surface area contributed by atoms with Crippen molar-refractivity contribution in [1.82, 2.24) is 0 Å². The summed E-state index contributed by atoms with van der Waals surface area (Å²) in [7, 11) is 1.46. The lowest BCUT2D eigenvalue weighted by Crippen LogP contribution is -2.05. The average molecular weight is 469 g/mol. The van der Waals surface area contributed by atoms with Crippen molar-refractivity contribution >= 4 is 30.0 Å². The van der Waals surface area contributed by atoms with E-state index < -0.39 is 11.9 Å². The fraction of sp³-hybridized carbons (Fsp3) is 0.0741. The highest BCUT2D eigenvalue weighted by molar-refractivity contribution is 6.13. The zero-order valence-corrected chi connectivity index (χ0v) is 18.6. The van der Waals surface area contributed by atoms with Crippen LogP contribution in [0.2, 0.25) is 0 Å². The van der Waals surface area contributed by atoms with E-state index in [1.165, 1.54) is 13.2 Å². The summed E-state index contributed by atoms with van der Waals surface area (Å²) in [6.45, 7) is 0.145. The van der Waals surface area contributed by atoms with Gasteiger partial charge in [0.25, 0.3) is 0 Å². The van der Waals surface area contributed by atoms with E-state index in [9.17, 15) is 9.59 Å². The van der Waals surface area contributed by atoms with Crippen molar-refractivity contribution in [3.63, 3.8) is 0 Å². The van der Waals surface area contributed by atoms with Crippen molar-refractivity contribution < 1.29 is 33.3 Å². The lowest BCUT2D eigenvalue weighted by atomic mass is 10.1. The molecule has 2 aliphatic heterocycles. The zero-order valence-electron chi connectivity index (χ0n) is 18.6. The molecule has 0 aromatic heterocycles. The van der Waals surface area contributed by atoms with Gasteiger partial charge in [-0.15, -0.1) is 0 Å². The van der Waals surface area contributed by atoms with Gasteiger partial charge in [-0.05, 0) is 53.6 Å². The first-order valence-electron chi connectivity index (χ1n) is 10.6. The average Bonchev–Trinajstić information content (AvgIpc) is 3.50. The number of fused-ring (bicyclic) bond motifs is 1. The van der Waals surface area contributed by atoms with E-state index in [4.69, 9.17) is 23.7 Å². The molecular formula is C27H19NO7. The third kappa shape index (κ3) is 4.91. The molecule has 0 saturated heterocycles. The predicted molar refractivity (Wildman–Crippen MR) is 127 cm³/mol. The minimum absolute atomic E-state index is 0.121. The van der Waals surface area contributed by atoms with E-state index in [0.29, 0.717) is 28.4 Å². The standard InChI is InChI=1S/C27H19NO7/c1-31-23-14-18(7-10-22(23)34-25(29)12-8-17-5-3-2-4-6-17)13-20-27(30)35-26(28-20)19-9-11-21-24(15-19)33-16-32-21/h2-15H,16H2,1H3/b12-8+,20-13+. The molecule has 174 valence electrons. The number of aliphatic imine (C=N–C) groups is 1. The van der Waals surface area contributed by atoms with E-state index in [-0.39, 0.29) is 24.1 Å². The molecule has 2 heterocycles. The molecule has 35 heavy (non-hydrogen) atoms. The summed E-state index contributed by atoms with van der Waals surface area (Å²) in [6.07, 6.45) is 4.56. The Morgan fingerprint density at radius 1 is 0.943 bits per heavy atom. The number of rotatable bonds is 6. The Balaban J connectivity index is 1.33. The summed E-state index contributed by atoms with van der Waals surface area (Å²) in [6, 6.07) is 19.5. The number of benzene rings is 3. The first kappa shape index (κ1) is 22.0. The highest BCUT2D eigenvalue weighted by Crippen LogP contribution is 2.34. The Kier molecular flexibility index (Phi) is 6.00. The van der Waals surface area contributed by atoms with Gasteiger partial charge in [-0.3, -0.25) is 0 Å². The van der Waals surface area contributed by atoms with Gasteiger partial charge in [-0.1, -0.05) is 36.4 Å². The smallest absolute Gasteiger partial charge is 0.363 e. The van der Waals surface area contributed by atoms with Crippen LogP contribution in [0.15, 0.2) is 83.5 Å². The van der Waals surface area contributed by atoms with Crippen LogP contribution in [-0.2, 0) is 14.3 Å². The Bertz CT molecular complexity index is 1390. The maximum Gasteiger partial charge on any atom is 0.363 e. The van der Waals surface area contributed by atoms with Crippen molar-refractivity contribution in [2.24, 2.45) is 4.99 Å². The molecule has 8 heteroatoms. The van der Waals surface area contributed by atoms with Gasteiger partial charge >= 0.3 is 11.9 Å². The molecule has 2 aliphatic rings. The Morgan fingerprint density at radius 2 is 1.77 bits per heavy atom. The van der Waals surface area contributed by atoms with Gasteiger partial charge in [0.1, 0.15) is 0 Å². The Labute approximate surface area is 200 Å². The molecule has 5 rings (SSSR count). The van der Waals surface area contributed by atoms with Gasteiger partial charge in [-0.25, -0.2) is 14.6 Å². The number of cyclic esters (lactones) is 1. The first-order chi connectivity index (χ1) is 17.1. The number of esters is 2.